The Morgan fingerprint density at radius 3 is 2.87 bits per heavy atom. The number of rotatable bonds is 4. The van der Waals surface area contributed by atoms with Gasteiger partial charge in [-0.25, -0.2) is 4.98 Å². The van der Waals surface area contributed by atoms with Crippen molar-refractivity contribution in [1.29, 1.82) is 0 Å². The van der Waals surface area contributed by atoms with Gasteiger partial charge in [0.1, 0.15) is 5.56 Å². The summed E-state index contributed by atoms with van der Waals surface area (Å²) in [6.45, 7) is 3.02. The van der Waals surface area contributed by atoms with Crippen LogP contribution in [0.1, 0.15) is 33.4 Å². The molecule has 0 saturated carbocycles. The molecule has 2 atom stereocenters. The summed E-state index contributed by atoms with van der Waals surface area (Å²) in [5.74, 6) is 0.549. The molecular weight excluding hydrogens is 443 g/mol. The molecule has 2 bridgehead atoms. The highest BCUT2D eigenvalue weighted by Gasteiger charge is 2.31. The molecule has 6 nitrogen and oxygen atoms in total. The van der Waals surface area contributed by atoms with E-state index in [1.54, 1.807) is 17.4 Å². The number of carbonyl (C=O) groups is 1. The van der Waals surface area contributed by atoms with Gasteiger partial charge in [-0.3, -0.25) is 9.59 Å². The van der Waals surface area contributed by atoms with Gasteiger partial charge in [0.15, 0.2) is 0 Å². The second kappa shape index (κ2) is 9.47. The average Bonchev–Trinajstić information content (AvgIpc) is 3.12. The van der Waals surface area contributed by atoms with Crippen molar-refractivity contribution < 1.29 is 4.79 Å². The third-order valence-corrected chi connectivity index (χ3v) is 6.81. The minimum atomic E-state index is -0.296. The van der Waals surface area contributed by atoms with Gasteiger partial charge in [-0.15, -0.1) is 36.2 Å². The van der Waals surface area contributed by atoms with Gasteiger partial charge in [0.2, 0.25) is 0 Å². The molecule has 9 heteroatoms. The minimum Gasteiger partial charge on any atom is -0.351 e. The highest BCUT2D eigenvalue weighted by atomic mass is 35.5. The molecule has 0 spiro atoms. The standard InChI is InChI=1S/C21H22N4O2S.2ClH/c26-20(23-8-7-19-24-16-3-1-2-4-18(16)28-19)15-5-6-17-14-9-13(10-22-11-14)12-25(17)21(15)27;;/h1-6,13-14,22H,7-12H2,(H,23,26);2*1H/t13-,14+;;/m0../s1. The molecule has 2 aromatic heterocycles. The number of piperidine rings is 1. The molecule has 1 fully saturated rings. The number of amides is 1. The number of nitrogens with zero attached hydrogens (tertiary/aromatic N) is 2. The number of pyridine rings is 1. The van der Waals surface area contributed by atoms with Crippen molar-refractivity contribution in [3.63, 3.8) is 0 Å². The molecule has 4 heterocycles. The van der Waals surface area contributed by atoms with E-state index in [1.807, 2.05) is 34.9 Å². The maximum absolute atomic E-state index is 12.9. The number of benzene rings is 1. The van der Waals surface area contributed by atoms with Gasteiger partial charge in [-0.05, 0) is 43.1 Å². The number of halogens is 2. The Balaban J connectivity index is 0.00000128. The normalized spacial score (nSPS) is 19.3. The van der Waals surface area contributed by atoms with Gasteiger partial charge in [0, 0.05) is 37.7 Å². The number of aromatic nitrogens is 2. The van der Waals surface area contributed by atoms with E-state index in [1.165, 1.54) is 0 Å². The van der Waals surface area contributed by atoms with E-state index in [0.717, 1.165) is 40.4 Å². The van der Waals surface area contributed by atoms with Crippen LogP contribution in [0.15, 0.2) is 41.2 Å². The SMILES string of the molecule is Cl.Cl.O=C(NCCc1nc2ccccc2s1)c1ccc2n(c1=O)C[C@@H]1CNC[C@H]2C1. The number of carbonyl (C=O) groups excluding carboxylic acids is 1. The predicted molar refractivity (Wildman–Crippen MR) is 125 cm³/mol. The van der Waals surface area contributed by atoms with E-state index < -0.39 is 0 Å². The third kappa shape index (κ3) is 4.25. The lowest BCUT2D eigenvalue weighted by atomic mass is 9.84. The smallest absolute Gasteiger partial charge is 0.263 e. The summed E-state index contributed by atoms with van der Waals surface area (Å²) in [6.07, 6.45) is 1.79. The van der Waals surface area contributed by atoms with E-state index in [0.29, 0.717) is 31.3 Å². The van der Waals surface area contributed by atoms with Crippen LogP contribution in [0.2, 0.25) is 0 Å². The van der Waals surface area contributed by atoms with Gasteiger partial charge in [0.05, 0.1) is 15.2 Å². The first-order valence-corrected chi connectivity index (χ1v) is 10.6. The Kier molecular flexibility index (Phi) is 7.18. The fraction of sp³-hybridized carbons (Fsp3) is 0.381. The minimum absolute atomic E-state index is 0. The monoisotopic (exact) mass is 466 g/mol. The number of thiazole rings is 1. The van der Waals surface area contributed by atoms with Gasteiger partial charge in [-0.1, -0.05) is 12.1 Å². The zero-order valence-electron chi connectivity index (χ0n) is 16.3. The topological polar surface area (TPSA) is 76.0 Å². The second-order valence-electron chi connectivity index (χ2n) is 7.63. The summed E-state index contributed by atoms with van der Waals surface area (Å²) in [7, 11) is 0. The van der Waals surface area contributed by atoms with Crippen molar-refractivity contribution >= 4 is 52.3 Å². The average molecular weight is 467 g/mol. The quantitative estimate of drug-likeness (QED) is 0.619. The molecule has 3 aromatic rings. The third-order valence-electron chi connectivity index (χ3n) is 5.72. The Bertz CT molecular complexity index is 1080. The zero-order chi connectivity index (χ0) is 19.1. The van der Waals surface area contributed by atoms with Crippen LogP contribution in [0.4, 0.5) is 0 Å². The fourth-order valence-electron chi connectivity index (χ4n) is 4.37. The van der Waals surface area contributed by atoms with Crippen LogP contribution in [0.5, 0.6) is 0 Å². The van der Waals surface area contributed by atoms with Crippen molar-refractivity contribution in [3.05, 3.63) is 63.0 Å². The van der Waals surface area contributed by atoms with Gasteiger partial charge >= 0.3 is 0 Å². The molecule has 0 radical (unpaired) electrons. The first-order chi connectivity index (χ1) is 13.7. The largest absolute Gasteiger partial charge is 0.351 e. The van der Waals surface area contributed by atoms with Crippen LogP contribution < -0.4 is 16.2 Å². The van der Waals surface area contributed by atoms with Crippen molar-refractivity contribution in [2.45, 2.75) is 25.3 Å². The molecule has 2 N–H and O–H groups in total. The Morgan fingerprint density at radius 1 is 1.20 bits per heavy atom. The molecule has 1 amide bonds. The summed E-state index contributed by atoms with van der Waals surface area (Å²) >= 11 is 1.64. The maximum Gasteiger partial charge on any atom is 0.263 e. The zero-order valence-corrected chi connectivity index (χ0v) is 18.7. The fourth-order valence-corrected chi connectivity index (χ4v) is 5.34. The Morgan fingerprint density at radius 2 is 2.03 bits per heavy atom. The number of hydrogen-bond acceptors (Lipinski definition) is 5. The van der Waals surface area contributed by atoms with Crippen molar-refractivity contribution in [3.8, 4) is 0 Å². The molecule has 0 aliphatic carbocycles. The van der Waals surface area contributed by atoms with E-state index in [-0.39, 0.29) is 41.8 Å². The molecule has 0 unspecified atom stereocenters. The summed E-state index contributed by atoms with van der Waals surface area (Å²) in [5, 5.41) is 7.32. The molecule has 1 aromatic carbocycles. The van der Waals surface area contributed by atoms with Crippen molar-refractivity contribution in [2.75, 3.05) is 19.6 Å². The van der Waals surface area contributed by atoms with Crippen LogP contribution in [0.3, 0.4) is 0 Å². The molecule has 5 rings (SSSR count). The van der Waals surface area contributed by atoms with E-state index in [9.17, 15) is 9.59 Å². The van der Waals surface area contributed by atoms with Gasteiger partial charge in [0.25, 0.3) is 11.5 Å². The number of para-hydroxylation sites is 1. The first kappa shape index (κ1) is 22.7. The van der Waals surface area contributed by atoms with Crippen LogP contribution in [0.25, 0.3) is 10.2 Å². The first-order valence-electron chi connectivity index (χ1n) is 9.76. The Hall–Kier alpha value is -1.93. The van der Waals surface area contributed by atoms with Crippen LogP contribution >= 0.6 is 36.2 Å². The highest BCUT2D eigenvalue weighted by molar-refractivity contribution is 7.18. The predicted octanol–water partition coefficient (Wildman–Crippen LogP) is 2.98. The van der Waals surface area contributed by atoms with Gasteiger partial charge < -0.3 is 15.2 Å². The molecule has 2 aliphatic rings. The number of nitrogens with one attached hydrogen (secondary N) is 2. The molecule has 1 saturated heterocycles. The van der Waals surface area contributed by atoms with Crippen molar-refractivity contribution in [1.82, 2.24) is 20.2 Å². The summed E-state index contributed by atoms with van der Waals surface area (Å²) in [5.41, 5.74) is 2.12. The maximum atomic E-state index is 12.9. The van der Waals surface area contributed by atoms with Crippen LogP contribution in [-0.2, 0) is 13.0 Å². The molecule has 160 valence electrons. The van der Waals surface area contributed by atoms with E-state index in [4.69, 9.17) is 0 Å². The summed E-state index contributed by atoms with van der Waals surface area (Å²) < 4.78 is 2.97. The van der Waals surface area contributed by atoms with Crippen LogP contribution in [0, 0.1) is 5.92 Å². The van der Waals surface area contributed by atoms with Gasteiger partial charge in [-0.2, -0.15) is 0 Å². The van der Waals surface area contributed by atoms with E-state index >= 15 is 0 Å². The Labute approximate surface area is 190 Å². The summed E-state index contributed by atoms with van der Waals surface area (Å²) in [4.78, 5) is 30.1. The number of fused-ring (bicyclic) bond motifs is 5. The highest BCUT2D eigenvalue weighted by Crippen LogP contribution is 2.31. The summed E-state index contributed by atoms with van der Waals surface area (Å²) in [6, 6.07) is 11.7. The lowest BCUT2D eigenvalue weighted by Gasteiger charge is -2.37. The lowest BCUT2D eigenvalue weighted by molar-refractivity contribution is 0.0951. The van der Waals surface area contributed by atoms with Crippen LogP contribution in [-0.4, -0.2) is 35.1 Å². The van der Waals surface area contributed by atoms with Crippen molar-refractivity contribution in [2.24, 2.45) is 5.92 Å². The molecule has 2 aliphatic heterocycles. The second-order valence-corrected chi connectivity index (χ2v) is 8.74. The molecule has 30 heavy (non-hydrogen) atoms. The number of hydrogen-bond donors (Lipinski definition) is 2. The molecular formula is C21H24Cl2N4O2S. The lowest BCUT2D eigenvalue weighted by Crippen LogP contribution is -2.46. The van der Waals surface area contributed by atoms with E-state index in [2.05, 4.69) is 15.6 Å².